The van der Waals surface area contributed by atoms with E-state index in [1.165, 1.54) is 17.8 Å². The molecule has 0 bridgehead atoms. The van der Waals surface area contributed by atoms with Crippen LogP contribution in [0.3, 0.4) is 0 Å². The lowest BCUT2D eigenvalue weighted by molar-refractivity contribution is -0.384. The summed E-state index contributed by atoms with van der Waals surface area (Å²) < 4.78 is 11.5. The highest BCUT2D eigenvalue weighted by Gasteiger charge is 2.29. The second-order valence-electron chi connectivity index (χ2n) is 6.18. The lowest BCUT2D eigenvalue weighted by atomic mass is 10.2. The minimum absolute atomic E-state index is 0.0134. The van der Waals surface area contributed by atoms with Crippen molar-refractivity contribution in [1.82, 2.24) is 4.90 Å². The molecule has 0 spiro atoms. The van der Waals surface area contributed by atoms with Crippen molar-refractivity contribution < 1.29 is 14.4 Å². The Bertz CT molecular complexity index is 760. The standard InChI is InChI=1S/C18H19N3O4/c22-21(23)15-6-7-16-17(12-15)25-18(24-16)13-19-8-10-20(11-9-19)14-4-2-1-3-5-14/h1-7,12,18H,8-11,13H2. The topological polar surface area (TPSA) is 68.1 Å². The zero-order valence-electron chi connectivity index (χ0n) is 13.7. The number of hydrogen-bond donors (Lipinski definition) is 0. The number of piperazine rings is 1. The SMILES string of the molecule is O=[N+]([O-])c1ccc2c(c1)OC(CN1CCN(c3ccccc3)CC1)O2. The molecule has 4 rings (SSSR count). The predicted octanol–water partition coefficient (Wildman–Crippen LogP) is 2.51. The van der Waals surface area contributed by atoms with Crippen molar-refractivity contribution in [3.8, 4) is 11.5 Å². The van der Waals surface area contributed by atoms with Crippen LogP contribution in [0, 0.1) is 10.1 Å². The third-order valence-corrected chi connectivity index (χ3v) is 4.56. The number of nitrogens with zero attached hydrogens (tertiary/aromatic N) is 3. The predicted molar refractivity (Wildman–Crippen MR) is 93.2 cm³/mol. The monoisotopic (exact) mass is 341 g/mol. The molecule has 2 heterocycles. The number of benzene rings is 2. The molecule has 2 aromatic carbocycles. The second-order valence-corrected chi connectivity index (χ2v) is 6.18. The number of nitro groups is 1. The van der Waals surface area contributed by atoms with Crippen molar-refractivity contribution in [2.24, 2.45) is 0 Å². The van der Waals surface area contributed by atoms with Gasteiger partial charge in [-0.2, -0.15) is 0 Å². The van der Waals surface area contributed by atoms with Crippen LogP contribution in [-0.4, -0.2) is 48.8 Å². The minimum atomic E-state index is -0.431. The van der Waals surface area contributed by atoms with Crippen molar-refractivity contribution in [1.29, 1.82) is 0 Å². The fourth-order valence-corrected chi connectivity index (χ4v) is 3.22. The van der Waals surface area contributed by atoms with Crippen LogP contribution in [0.15, 0.2) is 48.5 Å². The first kappa shape index (κ1) is 15.7. The highest BCUT2D eigenvalue weighted by Crippen LogP contribution is 2.37. The quantitative estimate of drug-likeness (QED) is 0.629. The molecule has 2 aliphatic rings. The van der Waals surface area contributed by atoms with Crippen molar-refractivity contribution in [3.63, 3.8) is 0 Å². The van der Waals surface area contributed by atoms with Gasteiger partial charge >= 0.3 is 0 Å². The van der Waals surface area contributed by atoms with Gasteiger partial charge in [0, 0.05) is 37.9 Å². The van der Waals surface area contributed by atoms with Gasteiger partial charge in [-0.15, -0.1) is 0 Å². The summed E-state index contributed by atoms with van der Waals surface area (Å²) in [5.74, 6) is 1.01. The van der Waals surface area contributed by atoms with E-state index in [2.05, 4.69) is 34.1 Å². The lowest BCUT2D eigenvalue weighted by Crippen LogP contribution is -2.49. The zero-order chi connectivity index (χ0) is 17.2. The molecule has 0 amide bonds. The molecule has 0 saturated carbocycles. The van der Waals surface area contributed by atoms with E-state index in [0.29, 0.717) is 18.0 Å². The van der Waals surface area contributed by atoms with Crippen LogP contribution in [0.2, 0.25) is 0 Å². The van der Waals surface area contributed by atoms with E-state index in [4.69, 9.17) is 9.47 Å². The maximum atomic E-state index is 10.8. The first-order chi connectivity index (χ1) is 12.2. The summed E-state index contributed by atoms with van der Waals surface area (Å²) in [4.78, 5) is 15.1. The molecule has 7 nitrogen and oxygen atoms in total. The number of ether oxygens (including phenoxy) is 2. The third-order valence-electron chi connectivity index (χ3n) is 4.56. The molecular formula is C18H19N3O4. The van der Waals surface area contributed by atoms with Gasteiger partial charge in [0.25, 0.3) is 12.0 Å². The molecule has 0 radical (unpaired) electrons. The summed E-state index contributed by atoms with van der Waals surface area (Å²) in [6, 6.07) is 14.8. The van der Waals surface area contributed by atoms with Crippen molar-refractivity contribution in [2.75, 3.05) is 37.6 Å². The van der Waals surface area contributed by atoms with Crippen LogP contribution in [-0.2, 0) is 0 Å². The molecular weight excluding hydrogens is 322 g/mol. The Balaban J connectivity index is 1.32. The molecule has 130 valence electrons. The summed E-state index contributed by atoms with van der Waals surface area (Å²) in [6.45, 7) is 4.40. The molecule has 0 aliphatic carbocycles. The molecule has 1 unspecified atom stereocenters. The van der Waals surface area contributed by atoms with Crippen LogP contribution in [0.1, 0.15) is 0 Å². The fraction of sp³-hybridized carbons (Fsp3) is 0.333. The van der Waals surface area contributed by atoms with Gasteiger partial charge < -0.3 is 14.4 Å². The van der Waals surface area contributed by atoms with E-state index in [0.717, 1.165) is 26.2 Å². The molecule has 1 atom stereocenters. The average molecular weight is 341 g/mol. The van der Waals surface area contributed by atoms with Gasteiger partial charge in [-0.25, -0.2) is 0 Å². The van der Waals surface area contributed by atoms with Gasteiger partial charge in [-0.3, -0.25) is 15.0 Å². The lowest BCUT2D eigenvalue weighted by Gasteiger charge is -2.36. The largest absolute Gasteiger partial charge is 0.450 e. The van der Waals surface area contributed by atoms with Crippen LogP contribution < -0.4 is 14.4 Å². The Morgan fingerprint density at radius 3 is 2.44 bits per heavy atom. The number of anilines is 1. The van der Waals surface area contributed by atoms with Gasteiger partial charge in [0.1, 0.15) is 0 Å². The Morgan fingerprint density at radius 1 is 1.00 bits per heavy atom. The first-order valence-electron chi connectivity index (χ1n) is 8.33. The van der Waals surface area contributed by atoms with Gasteiger partial charge in [0.15, 0.2) is 11.5 Å². The summed E-state index contributed by atoms with van der Waals surface area (Å²) in [6.07, 6.45) is -0.416. The molecule has 2 aromatic rings. The normalized spacial score (nSPS) is 19.8. The van der Waals surface area contributed by atoms with Crippen molar-refractivity contribution in [2.45, 2.75) is 6.29 Å². The average Bonchev–Trinajstić information content (AvgIpc) is 3.04. The van der Waals surface area contributed by atoms with Gasteiger partial charge in [-0.05, 0) is 18.2 Å². The number of rotatable bonds is 4. The highest BCUT2D eigenvalue weighted by atomic mass is 16.7. The van der Waals surface area contributed by atoms with Crippen LogP contribution >= 0.6 is 0 Å². The van der Waals surface area contributed by atoms with Crippen molar-refractivity contribution in [3.05, 3.63) is 58.6 Å². The number of non-ortho nitro benzene ring substituents is 1. The van der Waals surface area contributed by atoms with Crippen molar-refractivity contribution >= 4 is 11.4 Å². The smallest absolute Gasteiger partial charge is 0.273 e. The second kappa shape index (κ2) is 6.60. The maximum absolute atomic E-state index is 10.8. The molecule has 25 heavy (non-hydrogen) atoms. The van der Waals surface area contributed by atoms with E-state index in [1.807, 2.05) is 6.07 Å². The van der Waals surface area contributed by atoms with E-state index in [9.17, 15) is 10.1 Å². The number of fused-ring (bicyclic) bond motifs is 1. The summed E-state index contributed by atoms with van der Waals surface area (Å²) in [5.41, 5.74) is 1.26. The van der Waals surface area contributed by atoms with Gasteiger partial charge in [-0.1, -0.05) is 18.2 Å². The first-order valence-corrected chi connectivity index (χ1v) is 8.33. The van der Waals surface area contributed by atoms with Crippen LogP contribution in [0.4, 0.5) is 11.4 Å². The molecule has 1 saturated heterocycles. The Kier molecular flexibility index (Phi) is 4.15. The van der Waals surface area contributed by atoms with E-state index < -0.39 is 11.2 Å². The Labute approximate surface area is 145 Å². The maximum Gasteiger partial charge on any atom is 0.273 e. The molecule has 7 heteroatoms. The minimum Gasteiger partial charge on any atom is -0.450 e. The fourth-order valence-electron chi connectivity index (χ4n) is 3.22. The van der Waals surface area contributed by atoms with Crippen LogP contribution in [0.5, 0.6) is 11.5 Å². The molecule has 1 fully saturated rings. The summed E-state index contributed by atoms with van der Waals surface area (Å²) >= 11 is 0. The Hall–Kier alpha value is -2.80. The molecule has 0 aromatic heterocycles. The summed E-state index contributed by atoms with van der Waals surface area (Å²) in [7, 11) is 0. The Morgan fingerprint density at radius 2 is 1.72 bits per heavy atom. The zero-order valence-corrected chi connectivity index (χ0v) is 13.7. The van der Waals surface area contributed by atoms with E-state index >= 15 is 0 Å². The number of hydrogen-bond acceptors (Lipinski definition) is 6. The summed E-state index contributed by atoms with van der Waals surface area (Å²) in [5, 5.41) is 10.8. The van der Waals surface area contributed by atoms with E-state index in [-0.39, 0.29) is 5.69 Å². The van der Waals surface area contributed by atoms with Gasteiger partial charge in [0.05, 0.1) is 17.5 Å². The highest BCUT2D eigenvalue weighted by molar-refractivity contribution is 5.50. The number of para-hydroxylation sites is 1. The molecule has 2 aliphatic heterocycles. The van der Waals surface area contributed by atoms with Crippen LogP contribution in [0.25, 0.3) is 0 Å². The van der Waals surface area contributed by atoms with E-state index in [1.54, 1.807) is 6.07 Å². The van der Waals surface area contributed by atoms with Gasteiger partial charge in [0.2, 0.25) is 0 Å². The third kappa shape index (κ3) is 3.36. The molecule has 0 N–H and O–H groups in total. The number of nitro benzene ring substituents is 1.